The fourth-order valence-corrected chi connectivity index (χ4v) is 3.78. The third-order valence-electron chi connectivity index (χ3n) is 4.29. The number of benzene rings is 2. The first-order valence-electron chi connectivity index (χ1n) is 9.02. The Bertz CT molecular complexity index is 1200. The molecule has 0 fully saturated rings. The zero-order chi connectivity index (χ0) is 20.9. The quantitative estimate of drug-likeness (QED) is 0.498. The molecule has 0 aliphatic rings. The second-order valence-electron chi connectivity index (χ2n) is 6.31. The van der Waals surface area contributed by atoms with Crippen LogP contribution in [0.1, 0.15) is 10.4 Å². The van der Waals surface area contributed by atoms with Crippen molar-refractivity contribution in [3.8, 4) is 11.3 Å². The highest BCUT2D eigenvalue weighted by molar-refractivity contribution is 7.85. The number of anilines is 2. The summed E-state index contributed by atoms with van der Waals surface area (Å²) in [4.78, 5) is 25.3. The van der Waals surface area contributed by atoms with Crippen molar-refractivity contribution in [2.45, 2.75) is 9.79 Å². The zero-order valence-electron chi connectivity index (χ0n) is 15.7. The van der Waals surface area contributed by atoms with Crippen LogP contribution in [0.4, 0.5) is 11.6 Å². The van der Waals surface area contributed by atoms with Gasteiger partial charge in [0, 0.05) is 40.3 Å². The van der Waals surface area contributed by atoms with Crippen molar-refractivity contribution in [1.29, 1.82) is 0 Å². The van der Waals surface area contributed by atoms with E-state index < -0.39 is 16.7 Å². The minimum absolute atomic E-state index is 0.419. The number of rotatable bonds is 6. The molecular weight excluding hydrogens is 398 g/mol. The van der Waals surface area contributed by atoms with Crippen molar-refractivity contribution in [3.05, 3.63) is 90.9 Å². The molecule has 7 nitrogen and oxygen atoms in total. The average molecular weight is 415 g/mol. The SMILES string of the molecule is NC(=O)c1ccc(Nc2nccc(-c3ccc(S(=O)c4cccnc4)cc3)n2)cc1. The first kappa shape index (κ1) is 19.4. The van der Waals surface area contributed by atoms with Crippen LogP contribution in [0.5, 0.6) is 0 Å². The standard InChI is InChI=1S/C22H17N5O2S/c23-21(28)16-3-7-17(8-4-16)26-22-25-13-11-20(27-22)15-5-9-18(10-6-15)30(29)19-2-1-12-24-14-19/h1-14H,(H2,23,28)(H,25,26,27). The van der Waals surface area contributed by atoms with Gasteiger partial charge in [0.1, 0.15) is 0 Å². The van der Waals surface area contributed by atoms with Crippen LogP contribution in [0, 0.1) is 0 Å². The number of carbonyl (C=O) groups is 1. The van der Waals surface area contributed by atoms with Gasteiger partial charge in [0.05, 0.1) is 21.4 Å². The fraction of sp³-hybridized carbons (Fsp3) is 0. The summed E-state index contributed by atoms with van der Waals surface area (Å²) in [5, 5.41) is 3.10. The Kier molecular flexibility index (Phi) is 5.58. The summed E-state index contributed by atoms with van der Waals surface area (Å²) in [5.41, 5.74) is 8.02. The lowest BCUT2D eigenvalue weighted by molar-refractivity contribution is 0.100. The second kappa shape index (κ2) is 8.62. The van der Waals surface area contributed by atoms with E-state index in [0.717, 1.165) is 16.9 Å². The summed E-state index contributed by atoms with van der Waals surface area (Å²) in [6.45, 7) is 0. The van der Waals surface area contributed by atoms with Crippen LogP contribution in [-0.2, 0) is 10.8 Å². The maximum Gasteiger partial charge on any atom is 0.248 e. The van der Waals surface area contributed by atoms with Gasteiger partial charge in [0.15, 0.2) is 0 Å². The van der Waals surface area contributed by atoms with Crippen molar-refractivity contribution in [2.24, 2.45) is 5.73 Å². The molecule has 0 saturated heterocycles. The van der Waals surface area contributed by atoms with Crippen LogP contribution in [-0.4, -0.2) is 25.1 Å². The molecule has 8 heteroatoms. The van der Waals surface area contributed by atoms with E-state index in [2.05, 4.69) is 20.3 Å². The second-order valence-corrected chi connectivity index (χ2v) is 7.79. The summed E-state index contributed by atoms with van der Waals surface area (Å²) < 4.78 is 12.6. The van der Waals surface area contributed by atoms with Crippen LogP contribution in [0.2, 0.25) is 0 Å². The largest absolute Gasteiger partial charge is 0.366 e. The first-order valence-corrected chi connectivity index (χ1v) is 10.2. The van der Waals surface area contributed by atoms with E-state index >= 15 is 0 Å². The van der Waals surface area contributed by atoms with Gasteiger partial charge in [-0.1, -0.05) is 12.1 Å². The van der Waals surface area contributed by atoms with Crippen molar-refractivity contribution in [3.63, 3.8) is 0 Å². The highest BCUT2D eigenvalue weighted by atomic mass is 32.2. The molecule has 0 aliphatic carbocycles. The van der Waals surface area contributed by atoms with Crippen LogP contribution in [0.15, 0.2) is 95.1 Å². The van der Waals surface area contributed by atoms with Crippen LogP contribution < -0.4 is 11.1 Å². The summed E-state index contributed by atoms with van der Waals surface area (Å²) >= 11 is 0. The topological polar surface area (TPSA) is 111 Å². The predicted octanol–water partition coefficient (Wildman–Crippen LogP) is 3.55. The molecule has 1 atom stereocenters. The monoisotopic (exact) mass is 415 g/mol. The number of nitrogens with one attached hydrogen (secondary N) is 1. The zero-order valence-corrected chi connectivity index (χ0v) is 16.5. The van der Waals surface area contributed by atoms with Gasteiger partial charge >= 0.3 is 0 Å². The molecule has 30 heavy (non-hydrogen) atoms. The summed E-state index contributed by atoms with van der Waals surface area (Å²) in [6, 6.07) is 19.5. The first-order chi connectivity index (χ1) is 14.6. The van der Waals surface area contributed by atoms with Gasteiger partial charge in [-0.2, -0.15) is 0 Å². The number of nitrogens with two attached hydrogens (primary N) is 1. The molecule has 0 aliphatic heterocycles. The normalized spacial score (nSPS) is 11.6. The number of nitrogens with zero attached hydrogens (tertiary/aromatic N) is 3. The maximum absolute atomic E-state index is 12.6. The van der Waals surface area contributed by atoms with Crippen LogP contribution in [0.3, 0.4) is 0 Å². The van der Waals surface area contributed by atoms with Crippen molar-refractivity contribution < 1.29 is 9.00 Å². The fourth-order valence-electron chi connectivity index (χ4n) is 2.77. The molecule has 1 unspecified atom stereocenters. The molecule has 0 radical (unpaired) electrons. The number of primary amides is 1. The van der Waals surface area contributed by atoms with Gasteiger partial charge in [0.2, 0.25) is 11.9 Å². The molecule has 4 rings (SSSR count). The molecule has 1 amide bonds. The summed E-state index contributed by atoms with van der Waals surface area (Å²) in [7, 11) is -1.29. The molecule has 4 aromatic rings. The third-order valence-corrected chi connectivity index (χ3v) is 5.66. The smallest absolute Gasteiger partial charge is 0.248 e. The number of aromatic nitrogens is 3. The Balaban J connectivity index is 1.52. The highest BCUT2D eigenvalue weighted by Crippen LogP contribution is 2.23. The van der Waals surface area contributed by atoms with Gasteiger partial charge in [-0.25, -0.2) is 14.2 Å². The molecule has 3 N–H and O–H groups in total. The predicted molar refractivity (Wildman–Crippen MR) is 115 cm³/mol. The van der Waals surface area contributed by atoms with E-state index in [1.165, 1.54) is 0 Å². The van der Waals surface area contributed by atoms with Gasteiger partial charge in [-0.15, -0.1) is 0 Å². The minimum Gasteiger partial charge on any atom is -0.366 e. The number of amides is 1. The molecule has 148 valence electrons. The Labute approximate surface area is 175 Å². The van der Waals surface area contributed by atoms with Gasteiger partial charge in [0.25, 0.3) is 0 Å². The number of carbonyl (C=O) groups excluding carboxylic acids is 1. The average Bonchev–Trinajstić information content (AvgIpc) is 2.80. The van der Waals surface area contributed by atoms with Crippen molar-refractivity contribution >= 4 is 28.3 Å². The number of pyridine rings is 1. The van der Waals surface area contributed by atoms with Crippen LogP contribution in [0.25, 0.3) is 11.3 Å². The Morgan fingerprint density at radius 3 is 2.33 bits per heavy atom. The van der Waals surface area contributed by atoms with Crippen molar-refractivity contribution in [2.75, 3.05) is 5.32 Å². The molecule has 0 spiro atoms. The lowest BCUT2D eigenvalue weighted by Gasteiger charge is -2.08. The van der Waals surface area contributed by atoms with Crippen LogP contribution >= 0.6 is 0 Å². The van der Waals surface area contributed by atoms with Gasteiger partial charge < -0.3 is 11.1 Å². The Morgan fingerprint density at radius 1 is 0.900 bits per heavy atom. The molecule has 2 aromatic carbocycles. The van der Waals surface area contributed by atoms with E-state index in [9.17, 15) is 9.00 Å². The lowest BCUT2D eigenvalue weighted by atomic mass is 10.1. The molecule has 2 aromatic heterocycles. The highest BCUT2D eigenvalue weighted by Gasteiger charge is 2.09. The Morgan fingerprint density at radius 2 is 1.67 bits per heavy atom. The Hall–Kier alpha value is -3.91. The number of hydrogen-bond acceptors (Lipinski definition) is 6. The van der Waals surface area contributed by atoms with E-state index in [-0.39, 0.29) is 0 Å². The summed E-state index contributed by atoms with van der Waals surface area (Å²) in [5.74, 6) is -0.0601. The third kappa shape index (κ3) is 4.39. The van der Waals surface area contributed by atoms with Gasteiger partial charge in [-0.05, 0) is 54.6 Å². The van der Waals surface area contributed by atoms with E-state index in [4.69, 9.17) is 5.73 Å². The van der Waals surface area contributed by atoms with E-state index in [0.29, 0.717) is 21.3 Å². The van der Waals surface area contributed by atoms with Gasteiger partial charge in [-0.3, -0.25) is 9.78 Å². The van der Waals surface area contributed by atoms with E-state index in [1.807, 2.05) is 24.3 Å². The number of hydrogen-bond donors (Lipinski definition) is 2. The molecule has 2 heterocycles. The molecular formula is C22H17N5O2S. The minimum atomic E-state index is -1.29. The summed E-state index contributed by atoms with van der Waals surface area (Å²) in [6.07, 6.45) is 4.91. The lowest BCUT2D eigenvalue weighted by Crippen LogP contribution is -2.10. The molecule has 0 saturated carbocycles. The van der Waals surface area contributed by atoms with Crippen molar-refractivity contribution in [1.82, 2.24) is 15.0 Å². The maximum atomic E-state index is 12.6. The molecule has 0 bridgehead atoms. The van der Waals surface area contributed by atoms with E-state index in [1.54, 1.807) is 61.1 Å².